The molecule has 3 rings (SSSR count). The van der Waals surface area contributed by atoms with Crippen LogP contribution in [0.15, 0.2) is 47.4 Å². The Morgan fingerprint density at radius 2 is 1.86 bits per heavy atom. The van der Waals surface area contributed by atoms with Crippen molar-refractivity contribution in [2.45, 2.75) is 31.3 Å². The van der Waals surface area contributed by atoms with Crippen molar-refractivity contribution in [1.29, 1.82) is 5.26 Å². The molecule has 1 heterocycles. The maximum atomic E-state index is 12.9. The molecule has 0 aliphatic carbocycles. The van der Waals surface area contributed by atoms with Crippen LogP contribution in [0.25, 0.3) is 0 Å². The van der Waals surface area contributed by atoms with E-state index in [-0.39, 0.29) is 4.90 Å². The molecule has 0 aromatic heterocycles. The van der Waals surface area contributed by atoms with Gasteiger partial charge in [0.1, 0.15) is 0 Å². The molecular weight excluding hydrogens is 396 g/mol. The van der Waals surface area contributed by atoms with Crippen LogP contribution in [0.3, 0.4) is 0 Å². The second-order valence-electron chi connectivity index (χ2n) is 7.03. The minimum Gasteiger partial charge on any atom is -0.376 e. The number of benzene rings is 2. The van der Waals surface area contributed by atoms with Gasteiger partial charge in [0.25, 0.3) is 0 Å². The van der Waals surface area contributed by atoms with Gasteiger partial charge in [0.2, 0.25) is 10.0 Å². The zero-order valence-corrected chi connectivity index (χ0v) is 17.3. The van der Waals surface area contributed by atoms with E-state index in [1.807, 2.05) is 12.1 Å². The molecule has 0 atom stereocenters. The molecule has 1 fully saturated rings. The molecular formula is C21H23ClN2O3S. The molecule has 2 aromatic carbocycles. The Kier molecular flexibility index (Phi) is 6.73. The van der Waals surface area contributed by atoms with E-state index in [9.17, 15) is 8.42 Å². The first kappa shape index (κ1) is 20.8. The molecule has 0 amide bonds. The minimum atomic E-state index is -3.53. The van der Waals surface area contributed by atoms with E-state index in [1.165, 1.54) is 0 Å². The molecule has 0 unspecified atom stereocenters. The van der Waals surface area contributed by atoms with Crippen LogP contribution < -0.4 is 0 Å². The Bertz CT molecular complexity index is 960. The maximum absolute atomic E-state index is 12.9. The Morgan fingerprint density at radius 1 is 1.18 bits per heavy atom. The molecule has 5 nitrogen and oxygen atoms in total. The third-order valence-electron chi connectivity index (χ3n) is 5.11. The molecule has 2 aromatic rings. The average molecular weight is 419 g/mol. The summed E-state index contributed by atoms with van der Waals surface area (Å²) in [4.78, 5) is 0.288. The topological polar surface area (TPSA) is 70.4 Å². The van der Waals surface area contributed by atoms with Crippen molar-refractivity contribution in [2.24, 2.45) is 5.92 Å². The van der Waals surface area contributed by atoms with Gasteiger partial charge in [-0.2, -0.15) is 9.57 Å². The Labute approximate surface area is 171 Å². The van der Waals surface area contributed by atoms with Crippen molar-refractivity contribution < 1.29 is 13.2 Å². The summed E-state index contributed by atoms with van der Waals surface area (Å²) < 4.78 is 33.2. The molecule has 1 aliphatic heterocycles. The first-order valence-corrected chi connectivity index (χ1v) is 11.1. The van der Waals surface area contributed by atoms with Crippen molar-refractivity contribution >= 4 is 21.6 Å². The van der Waals surface area contributed by atoms with E-state index in [0.29, 0.717) is 48.4 Å². The predicted octanol–water partition coefficient (Wildman–Crippen LogP) is 4.14. The lowest BCUT2D eigenvalue weighted by molar-refractivity contribution is 0.0688. The summed E-state index contributed by atoms with van der Waals surface area (Å²) >= 11 is 6.09. The molecule has 1 saturated heterocycles. The summed E-state index contributed by atoms with van der Waals surface area (Å²) in [7, 11) is -3.53. The van der Waals surface area contributed by atoms with Gasteiger partial charge in [-0.3, -0.25) is 0 Å². The first-order valence-electron chi connectivity index (χ1n) is 9.24. The lowest BCUT2D eigenvalue weighted by Crippen LogP contribution is -2.39. The number of rotatable bonds is 6. The summed E-state index contributed by atoms with van der Waals surface area (Å²) in [5.41, 5.74) is 2.25. The van der Waals surface area contributed by atoms with Gasteiger partial charge in [-0.05, 0) is 61.1 Å². The molecule has 28 heavy (non-hydrogen) atoms. The summed E-state index contributed by atoms with van der Waals surface area (Å²) in [6, 6.07) is 14.4. The lowest BCUT2D eigenvalue weighted by atomic mass is 9.99. The number of hydrogen-bond donors (Lipinski definition) is 0. The van der Waals surface area contributed by atoms with E-state index in [1.54, 1.807) is 41.6 Å². The number of piperidine rings is 1. The van der Waals surface area contributed by atoms with E-state index < -0.39 is 10.0 Å². The highest BCUT2D eigenvalue weighted by Crippen LogP contribution is 2.28. The second kappa shape index (κ2) is 9.06. The van der Waals surface area contributed by atoms with E-state index in [4.69, 9.17) is 21.6 Å². The molecule has 0 bridgehead atoms. The van der Waals surface area contributed by atoms with E-state index in [0.717, 1.165) is 18.4 Å². The normalized spacial score (nSPS) is 16.0. The fourth-order valence-electron chi connectivity index (χ4n) is 3.34. The largest absolute Gasteiger partial charge is 0.376 e. The van der Waals surface area contributed by atoms with Gasteiger partial charge in [-0.1, -0.05) is 29.8 Å². The van der Waals surface area contributed by atoms with Gasteiger partial charge >= 0.3 is 0 Å². The van der Waals surface area contributed by atoms with E-state index >= 15 is 0 Å². The van der Waals surface area contributed by atoms with Crippen LogP contribution in [0.4, 0.5) is 0 Å². The lowest BCUT2D eigenvalue weighted by Gasteiger charge is -2.31. The van der Waals surface area contributed by atoms with Gasteiger partial charge in [0.15, 0.2) is 0 Å². The van der Waals surface area contributed by atoms with Gasteiger partial charge in [-0.15, -0.1) is 0 Å². The number of hydrogen-bond acceptors (Lipinski definition) is 4. The number of halogens is 1. The van der Waals surface area contributed by atoms with Crippen LogP contribution in [-0.4, -0.2) is 32.4 Å². The Morgan fingerprint density at radius 3 is 2.50 bits per heavy atom. The van der Waals surface area contributed by atoms with Crippen LogP contribution in [0.5, 0.6) is 0 Å². The summed E-state index contributed by atoms with van der Waals surface area (Å²) in [6.07, 6.45) is 1.54. The smallest absolute Gasteiger partial charge is 0.243 e. The monoisotopic (exact) mass is 418 g/mol. The predicted molar refractivity (Wildman–Crippen MR) is 108 cm³/mol. The first-order chi connectivity index (χ1) is 13.4. The fourth-order valence-corrected chi connectivity index (χ4v) is 5.29. The Balaban J connectivity index is 1.51. The van der Waals surface area contributed by atoms with Crippen molar-refractivity contribution in [2.75, 3.05) is 19.7 Å². The highest BCUT2D eigenvalue weighted by molar-refractivity contribution is 7.89. The zero-order valence-electron chi connectivity index (χ0n) is 15.8. The van der Waals surface area contributed by atoms with Crippen LogP contribution in [0.2, 0.25) is 5.02 Å². The second-order valence-corrected chi connectivity index (χ2v) is 9.35. The quantitative estimate of drug-likeness (QED) is 0.706. The number of sulfonamides is 1. The van der Waals surface area contributed by atoms with Crippen LogP contribution >= 0.6 is 11.6 Å². The molecule has 0 saturated carbocycles. The third-order valence-corrected chi connectivity index (χ3v) is 7.57. The number of nitriles is 1. The molecule has 0 spiro atoms. The average Bonchev–Trinajstić information content (AvgIpc) is 2.71. The summed E-state index contributed by atoms with van der Waals surface area (Å²) in [5.74, 6) is 0.338. The fraction of sp³-hybridized carbons (Fsp3) is 0.381. The third kappa shape index (κ3) is 4.73. The summed E-state index contributed by atoms with van der Waals surface area (Å²) in [6.45, 7) is 3.80. The van der Waals surface area contributed by atoms with Crippen LogP contribution in [0, 0.1) is 24.2 Å². The van der Waals surface area contributed by atoms with E-state index in [2.05, 4.69) is 6.07 Å². The van der Waals surface area contributed by atoms with Gasteiger partial charge in [0.05, 0.1) is 23.1 Å². The van der Waals surface area contributed by atoms with Gasteiger partial charge < -0.3 is 4.74 Å². The van der Waals surface area contributed by atoms with Crippen LogP contribution in [-0.2, 0) is 21.4 Å². The van der Waals surface area contributed by atoms with Crippen molar-refractivity contribution in [3.8, 4) is 6.07 Å². The molecule has 1 aliphatic rings. The zero-order chi connectivity index (χ0) is 20.1. The van der Waals surface area contributed by atoms with Crippen molar-refractivity contribution in [3.63, 3.8) is 0 Å². The standard InChI is InChI=1S/C21H23ClN2O3S/c1-16-20(22)3-2-4-21(16)28(25,26)24-11-9-19(10-12-24)15-27-14-18-7-5-17(13-23)6-8-18/h2-8,19H,9-12,14-15H2,1H3. The van der Waals surface area contributed by atoms with Gasteiger partial charge in [-0.25, -0.2) is 8.42 Å². The number of ether oxygens (including phenoxy) is 1. The molecule has 7 heteroatoms. The molecule has 0 radical (unpaired) electrons. The molecule has 0 N–H and O–H groups in total. The Hall–Kier alpha value is -1.91. The SMILES string of the molecule is Cc1c(Cl)cccc1S(=O)(=O)N1CCC(COCc2ccc(C#N)cc2)CC1. The minimum absolute atomic E-state index is 0.288. The summed E-state index contributed by atoms with van der Waals surface area (Å²) in [5, 5.41) is 9.29. The number of nitrogens with zero attached hydrogens (tertiary/aromatic N) is 2. The highest BCUT2D eigenvalue weighted by atomic mass is 35.5. The van der Waals surface area contributed by atoms with Gasteiger partial charge in [0, 0.05) is 24.7 Å². The molecule has 148 valence electrons. The van der Waals surface area contributed by atoms with Crippen LogP contribution in [0.1, 0.15) is 29.5 Å². The van der Waals surface area contributed by atoms with Crippen molar-refractivity contribution in [1.82, 2.24) is 4.31 Å². The highest BCUT2D eigenvalue weighted by Gasteiger charge is 2.30. The maximum Gasteiger partial charge on any atom is 0.243 e. The van der Waals surface area contributed by atoms with Crippen molar-refractivity contribution in [3.05, 3.63) is 64.2 Å².